The van der Waals surface area contributed by atoms with Gasteiger partial charge in [-0.25, -0.2) is 4.39 Å². The molecule has 7 heteroatoms. The fourth-order valence-electron chi connectivity index (χ4n) is 2.29. The Morgan fingerprint density at radius 2 is 2.04 bits per heavy atom. The molecule has 0 bridgehead atoms. The van der Waals surface area contributed by atoms with E-state index in [1.165, 1.54) is 6.07 Å². The van der Waals surface area contributed by atoms with E-state index in [2.05, 4.69) is 15.8 Å². The largest absolute Gasteiger partial charge is 0.378 e. The Bertz CT molecular complexity index is 585. The molecule has 5 nitrogen and oxygen atoms in total. The SMILES string of the molecule is C/C(=N/NC(=S)NC(C)C)c1ccc(N2CCOCC2)c(F)c1. The molecule has 0 aliphatic carbocycles. The predicted octanol–water partition coefficient (Wildman–Crippen LogP) is 2.26. The molecule has 1 saturated heterocycles. The average Bonchev–Trinajstić information content (AvgIpc) is 2.52. The van der Waals surface area contributed by atoms with Crippen LogP contribution in [0.5, 0.6) is 0 Å². The highest BCUT2D eigenvalue weighted by Gasteiger charge is 2.15. The van der Waals surface area contributed by atoms with Crippen molar-refractivity contribution in [3.8, 4) is 0 Å². The van der Waals surface area contributed by atoms with Gasteiger partial charge in [0.1, 0.15) is 5.82 Å². The first kappa shape index (κ1) is 17.6. The molecule has 126 valence electrons. The lowest BCUT2D eigenvalue weighted by Crippen LogP contribution is -2.37. The van der Waals surface area contributed by atoms with Crippen LogP contribution in [0.1, 0.15) is 26.3 Å². The number of benzene rings is 1. The second-order valence-corrected chi connectivity index (χ2v) is 6.11. The van der Waals surface area contributed by atoms with E-state index in [9.17, 15) is 4.39 Å². The number of hydrogen-bond donors (Lipinski definition) is 2. The van der Waals surface area contributed by atoms with Crippen molar-refractivity contribution < 1.29 is 9.13 Å². The second-order valence-electron chi connectivity index (χ2n) is 5.70. The number of nitrogens with one attached hydrogen (secondary N) is 2. The summed E-state index contributed by atoms with van der Waals surface area (Å²) in [5, 5.41) is 7.68. The number of halogens is 1. The molecule has 0 atom stereocenters. The summed E-state index contributed by atoms with van der Waals surface area (Å²) in [7, 11) is 0. The maximum atomic E-state index is 14.4. The lowest BCUT2D eigenvalue weighted by atomic mass is 10.1. The lowest BCUT2D eigenvalue weighted by Gasteiger charge is -2.29. The Hall–Kier alpha value is -1.73. The number of rotatable bonds is 4. The van der Waals surface area contributed by atoms with E-state index < -0.39 is 0 Å². The topological polar surface area (TPSA) is 48.9 Å². The summed E-state index contributed by atoms with van der Waals surface area (Å²) >= 11 is 5.11. The number of hydrogen-bond acceptors (Lipinski definition) is 4. The van der Waals surface area contributed by atoms with Crippen molar-refractivity contribution >= 4 is 28.7 Å². The molecule has 1 heterocycles. The molecule has 0 unspecified atom stereocenters. The summed E-state index contributed by atoms with van der Waals surface area (Å²) in [6.07, 6.45) is 0. The number of ether oxygens (including phenoxy) is 1. The van der Waals surface area contributed by atoms with Gasteiger partial charge in [0.2, 0.25) is 0 Å². The standard InChI is InChI=1S/C16H23FN4OS/c1-11(2)18-16(23)20-19-12(3)13-4-5-15(14(17)10-13)21-6-8-22-9-7-21/h4-5,10-11H,6-9H2,1-3H3,(H2,18,20,23)/b19-12-. The summed E-state index contributed by atoms with van der Waals surface area (Å²) in [5.41, 5.74) is 4.77. The third-order valence-corrected chi connectivity index (χ3v) is 3.67. The minimum atomic E-state index is -0.248. The van der Waals surface area contributed by atoms with E-state index in [1.54, 1.807) is 6.07 Å². The fourth-order valence-corrected chi connectivity index (χ4v) is 2.57. The highest BCUT2D eigenvalue weighted by Crippen LogP contribution is 2.21. The van der Waals surface area contributed by atoms with E-state index in [0.29, 0.717) is 42.8 Å². The van der Waals surface area contributed by atoms with Crippen LogP contribution in [0.3, 0.4) is 0 Å². The van der Waals surface area contributed by atoms with Crippen LogP contribution in [0.4, 0.5) is 10.1 Å². The smallest absolute Gasteiger partial charge is 0.187 e. The predicted molar refractivity (Wildman–Crippen MR) is 95.6 cm³/mol. The Morgan fingerprint density at radius 3 is 2.65 bits per heavy atom. The third-order valence-electron chi connectivity index (χ3n) is 3.46. The van der Waals surface area contributed by atoms with Crippen molar-refractivity contribution in [3.05, 3.63) is 29.6 Å². The molecular formula is C16H23FN4OS. The molecule has 0 amide bonds. The van der Waals surface area contributed by atoms with Crippen molar-refractivity contribution in [2.75, 3.05) is 31.2 Å². The number of thiocarbonyl (C=S) groups is 1. The van der Waals surface area contributed by atoms with Gasteiger partial charge in [0.25, 0.3) is 0 Å². The first-order valence-corrected chi connectivity index (χ1v) is 8.11. The first-order valence-electron chi connectivity index (χ1n) is 7.71. The Morgan fingerprint density at radius 1 is 1.35 bits per heavy atom. The molecule has 0 aromatic heterocycles. The molecule has 0 saturated carbocycles. The fraction of sp³-hybridized carbons (Fsp3) is 0.500. The van der Waals surface area contributed by atoms with Gasteiger partial charge < -0.3 is 15.0 Å². The van der Waals surface area contributed by atoms with Crippen LogP contribution < -0.4 is 15.6 Å². The summed E-state index contributed by atoms with van der Waals surface area (Å²) in [5.74, 6) is -0.248. The zero-order chi connectivity index (χ0) is 16.8. The first-order chi connectivity index (χ1) is 11.0. The van der Waals surface area contributed by atoms with Gasteiger partial charge in [-0.2, -0.15) is 5.10 Å². The lowest BCUT2D eigenvalue weighted by molar-refractivity contribution is 0.122. The van der Waals surface area contributed by atoms with Crippen LogP contribution in [0.2, 0.25) is 0 Å². The quantitative estimate of drug-likeness (QED) is 0.501. The van der Waals surface area contributed by atoms with E-state index in [0.717, 1.165) is 5.56 Å². The van der Waals surface area contributed by atoms with Gasteiger partial charge in [-0.05, 0) is 45.1 Å². The molecule has 1 aliphatic rings. The minimum absolute atomic E-state index is 0.232. The molecule has 1 aromatic rings. The maximum Gasteiger partial charge on any atom is 0.187 e. The van der Waals surface area contributed by atoms with Crippen LogP contribution in [0.25, 0.3) is 0 Å². The van der Waals surface area contributed by atoms with Crippen LogP contribution in [-0.4, -0.2) is 43.2 Å². The molecule has 1 fully saturated rings. The molecule has 1 aliphatic heterocycles. The van der Waals surface area contributed by atoms with E-state index in [4.69, 9.17) is 17.0 Å². The van der Waals surface area contributed by atoms with Crippen molar-refractivity contribution in [3.63, 3.8) is 0 Å². The third kappa shape index (κ3) is 5.14. The number of nitrogens with zero attached hydrogens (tertiary/aromatic N) is 2. The van der Waals surface area contributed by atoms with Crippen molar-refractivity contribution in [2.24, 2.45) is 5.10 Å². The van der Waals surface area contributed by atoms with Gasteiger partial charge in [-0.15, -0.1) is 0 Å². The molecule has 23 heavy (non-hydrogen) atoms. The van der Waals surface area contributed by atoms with Gasteiger partial charge >= 0.3 is 0 Å². The highest BCUT2D eigenvalue weighted by atomic mass is 32.1. The molecule has 2 N–H and O–H groups in total. The van der Waals surface area contributed by atoms with Crippen molar-refractivity contribution in [2.45, 2.75) is 26.8 Å². The molecular weight excluding hydrogens is 315 g/mol. The highest BCUT2D eigenvalue weighted by molar-refractivity contribution is 7.80. The van der Waals surface area contributed by atoms with Gasteiger partial charge in [0.05, 0.1) is 24.6 Å². The van der Waals surface area contributed by atoms with Gasteiger partial charge in [-0.1, -0.05) is 6.07 Å². The summed E-state index contributed by atoms with van der Waals surface area (Å²) in [6.45, 7) is 8.47. The Kier molecular flexibility index (Phi) is 6.29. The Labute approximate surface area is 141 Å². The number of hydrazone groups is 1. The number of anilines is 1. The van der Waals surface area contributed by atoms with E-state index in [-0.39, 0.29) is 11.9 Å². The zero-order valence-corrected chi connectivity index (χ0v) is 14.5. The molecule has 0 spiro atoms. The van der Waals surface area contributed by atoms with E-state index in [1.807, 2.05) is 31.7 Å². The maximum absolute atomic E-state index is 14.4. The molecule has 2 rings (SSSR count). The van der Waals surface area contributed by atoms with E-state index >= 15 is 0 Å². The Balaban J connectivity index is 2.05. The molecule has 1 aromatic carbocycles. The molecule has 0 radical (unpaired) electrons. The van der Waals surface area contributed by atoms with Gasteiger partial charge in [0, 0.05) is 24.7 Å². The monoisotopic (exact) mass is 338 g/mol. The zero-order valence-electron chi connectivity index (χ0n) is 13.7. The van der Waals surface area contributed by atoms with Crippen LogP contribution in [0.15, 0.2) is 23.3 Å². The normalized spacial score (nSPS) is 15.7. The van der Waals surface area contributed by atoms with Gasteiger partial charge in [-0.3, -0.25) is 5.43 Å². The van der Waals surface area contributed by atoms with Crippen molar-refractivity contribution in [1.29, 1.82) is 0 Å². The average molecular weight is 338 g/mol. The summed E-state index contributed by atoms with van der Waals surface area (Å²) in [4.78, 5) is 2.00. The summed E-state index contributed by atoms with van der Waals surface area (Å²) < 4.78 is 19.7. The van der Waals surface area contributed by atoms with Gasteiger partial charge in [0.15, 0.2) is 5.11 Å². The number of morpholine rings is 1. The van der Waals surface area contributed by atoms with Crippen LogP contribution in [-0.2, 0) is 4.74 Å². The minimum Gasteiger partial charge on any atom is -0.378 e. The summed E-state index contributed by atoms with van der Waals surface area (Å²) in [6, 6.07) is 5.40. The van der Waals surface area contributed by atoms with Crippen molar-refractivity contribution in [1.82, 2.24) is 10.7 Å². The van der Waals surface area contributed by atoms with Crippen LogP contribution in [0, 0.1) is 5.82 Å². The second kappa shape index (κ2) is 8.21. The van der Waals surface area contributed by atoms with Crippen LogP contribution >= 0.6 is 12.2 Å².